The molecule has 0 amide bonds. The van der Waals surface area contributed by atoms with Crippen molar-refractivity contribution in [3.8, 4) is 0 Å². The van der Waals surface area contributed by atoms with Gasteiger partial charge in [0.25, 0.3) is 0 Å². The molecule has 1 aromatic rings. The number of aryl methyl sites for hydroxylation is 1. The van der Waals surface area contributed by atoms with Crippen LogP contribution >= 0.6 is 11.6 Å². The van der Waals surface area contributed by atoms with Crippen molar-refractivity contribution in [1.29, 1.82) is 0 Å². The lowest BCUT2D eigenvalue weighted by Crippen LogP contribution is -1.95. The summed E-state index contributed by atoms with van der Waals surface area (Å²) in [5.74, 6) is 1.06. The molecular formula is C12H16ClN. The van der Waals surface area contributed by atoms with E-state index in [4.69, 9.17) is 11.6 Å². The molecule has 1 rings (SSSR count). The Morgan fingerprint density at radius 3 is 2.64 bits per heavy atom. The molecule has 14 heavy (non-hydrogen) atoms. The summed E-state index contributed by atoms with van der Waals surface area (Å²) >= 11 is 5.85. The van der Waals surface area contributed by atoms with E-state index in [1.165, 1.54) is 11.1 Å². The van der Waals surface area contributed by atoms with Gasteiger partial charge in [0.15, 0.2) is 0 Å². The standard InChI is InChI=1S/C12H16ClN/c1-9(2)11(7-13)6-12-5-4-10(3)8-14-12/h4-6,8-9H,7H2,1-3H3/b11-6+. The van der Waals surface area contributed by atoms with E-state index in [0.717, 1.165) is 5.69 Å². The van der Waals surface area contributed by atoms with Gasteiger partial charge in [0.1, 0.15) is 0 Å². The zero-order valence-corrected chi connectivity index (χ0v) is 9.67. The Morgan fingerprint density at radius 1 is 1.50 bits per heavy atom. The summed E-state index contributed by atoms with van der Waals surface area (Å²) in [7, 11) is 0. The minimum Gasteiger partial charge on any atom is -0.257 e. The lowest BCUT2D eigenvalue weighted by atomic mass is 10.0. The van der Waals surface area contributed by atoms with Gasteiger partial charge in [-0.1, -0.05) is 25.5 Å². The highest BCUT2D eigenvalue weighted by molar-refractivity contribution is 6.19. The summed E-state index contributed by atoms with van der Waals surface area (Å²) in [5.41, 5.74) is 3.39. The van der Waals surface area contributed by atoms with E-state index in [0.29, 0.717) is 11.8 Å². The van der Waals surface area contributed by atoms with Gasteiger partial charge in [-0.05, 0) is 30.5 Å². The second-order valence-corrected chi connectivity index (χ2v) is 4.04. The molecule has 0 spiro atoms. The van der Waals surface area contributed by atoms with Crippen molar-refractivity contribution >= 4 is 17.7 Å². The van der Waals surface area contributed by atoms with E-state index in [2.05, 4.69) is 31.0 Å². The third-order valence-electron chi connectivity index (χ3n) is 2.16. The molecule has 0 fully saturated rings. The molecular weight excluding hydrogens is 194 g/mol. The summed E-state index contributed by atoms with van der Waals surface area (Å²) in [5, 5.41) is 0. The highest BCUT2D eigenvalue weighted by Gasteiger charge is 2.01. The molecule has 0 saturated heterocycles. The highest BCUT2D eigenvalue weighted by atomic mass is 35.5. The average Bonchev–Trinajstić information content (AvgIpc) is 2.16. The number of hydrogen-bond acceptors (Lipinski definition) is 1. The van der Waals surface area contributed by atoms with Crippen LogP contribution in [0.4, 0.5) is 0 Å². The number of pyridine rings is 1. The van der Waals surface area contributed by atoms with Crippen molar-refractivity contribution in [3.63, 3.8) is 0 Å². The van der Waals surface area contributed by atoms with Crippen LogP contribution in [-0.4, -0.2) is 10.9 Å². The van der Waals surface area contributed by atoms with Crippen molar-refractivity contribution < 1.29 is 0 Å². The fourth-order valence-corrected chi connectivity index (χ4v) is 1.50. The van der Waals surface area contributed by atoms with Crippen LogP contribution in [0.25, 0.3) is 6.08 Å². The van der Waals surface area contributed by atoms with Gasteiger partial charge in [0.05, 0.1) is 5.69 Å². The normalized spacial score (nSPS) is 12.2. The van der Waals surface area contributed by atoms with Gasteiger partial charge in [0, 0.05) is 12.1 Å². The fraction of sp³-hybridized carbons (Fsp3) is 0.417. The summed E-state index contributed by atoms with van der Waals surface area (Å²) in [6, 6.07) is 4.08. The van der Waals surface area contributed by atoms with Gasteiger partial charge in [-0.25, -0.2) is 0 Å². The number of rotatable bonds is 3. The molecule has 0 atom stereocenters. The molecule has 1 heterocycles. The molecule has 1 aromatic heterocycles. The fourth-order valence-electron chi connectivity index (χ4n) is 1.11. The second-order valence-electron chi connectivity index (χ2n) is 3.77. The number of aromatic nitrogens is 1. The molecule has 76 valence electrons. The molecule has 0 unspecified atom stereocenters. The van der Waals surface area contributed by atoms with E-state index in [1.807, 2.05) is 19.2 Å². The van der Waals surface area contributed by atoms with Crippen LogP contribution in [0.15, 0.2) is 23.9 Å². The minimum atomic E-state index is 0.482. The summed E-state index contributed by atoms with van der Waals surface area (Å²) in [6.45, 7) is 6.32. The highest BCUT2D eigenvalue weighted by Crippen LogP contribution is 2.15. The Labute approximate surface area is 90.8 Å². The number of hydrogen-bond donors (Lipinski definition) is 0. The maximum absolute atomic E-state index is 5.85. The zero-order valence-electron chi connectivity index (χ0n) is 8.92. The molecule has 0 aromatic carbocycles. The quantitative estimate of drug-likeness (QED) is 0.693. The SMILES string of the molecule is Cc1ccc(/C=C(\CCl)C(C)C)nc1. The Hall–Kier alpha value is -0.820. The average molecular weight is 210 g/mol. The van der Waals surface area contributed by atoms with Crippen LogP contribution in [0.5, 0.6) is 0 Å². The maximum Gasteiger partial charge on any atom is 0.0629 e. The van der Waals surface area contributed by atoms with Crippen LogP contribution in [0.2, 0.25) is 0 Å². The van der Waals surface area contributed by atoms with Gasteiger partial charge in [-0.2, -0.15) is 0 Å². The lowest BCUT2D eigenvalue weighted by molar-refractivity contribution is 0.777. The van der Waals surface area contributed by atoms with E-state index in [9.17, 15) is 0 Å². The van der Waals surface area contributed by atoms with Crippen molar-refractivity contribution in [2.45, 2.75) is 20.8 Å². The predicted octanol–water partition coefficient (Wildman–Crippen LogP) is 3.67. The monoisotopic (exact) mass is 209 g/mol. The van der Waals surface area contributed by atoms with Gasteiger partial charge in [-0.3, -0.25) is 4.98 Å². The first-order valence-electron chi connectivity index (χ1n) is 4.82. The first kappa shape index (κ1) is 11.3. The topological polar surface area (TPSA) is 12.9 Å². The van der Waals surface area contributed by atoms with Crippen molar-refractivity contribution in [3.05, 3.63) is 35.2 Å². The third-order valence-corrected chi connectivity index (χ3v) is 2.47. The summed E-state index contributed by atoms with van der Waals surface area (Å²) in [4.78, 5) is 4.31. The molecule has 0 saturated carbocycles. The number of allylic oxidation sites excluding steroid dienone is 1. The minimum absolute atomic E-state index is 0.482. The molecule has 0 aliphatic rings. The zero-order chi connectivity index (χ0) is 10.6. The first-order valence-corrected chi connectivity index (χ1v) is 5.36. The number of nitrogens with zero attached hydrogens (tertiary/aromatic N) is 1. The van der Waals surface area contributed by atoms with Crippen molar-refractivity contribution in [1.82, 2.24) is 4.98 Å². The molecule has 0 N–H and O–H groups in total. The molecule has 2 heteroatoms. The largest absolute Gasteiger partial charge is 0.257 e. The first-order chi connectivity index (χ1) is 6.63. The van der Waals surface area contributed by atoms with Crippen molar-refractivity contribution in [2.24, 2.45) is 5.92 Å². The van der Waals surface area contributed by atoms with Gasteiger partial charge >= 0.3 is 0 Å². The van der Waals surface area contributed by atoms with E-state index in [-0.39, 0.29) is 0 Å². The van der Waals surface area contributed by atoms with Crippen LogP contribution < -0.4 is 0 Å². The van der Waals surface area contributed by atoms with Crippen LogP contribution in [-0.2, 0) is 0 Å². The third kappa shape index (κ3) is 3.15. The summed E-state index contributed by atoms with van der Waals surface area (Å²) < 4.78 is 0. The molecule has 0 aliphatic carbocycles. The molecule has 0 aliphatic heterocycles. The van der Waals surface area contributed by atoms with E-state index in [1.54, 1.807) is 0 Å². The van der Waals surface area contributed by atoms with Gasteiger partial charge < -0.3 is 0 Å². The molecule has 0 radical (unpaired) electrons. The van der Waals surface area contributed by atoms with E-state index < -0.39 is 0 Å². The van der Waals surface area contributed by atoms with Crippen LogP contribution in [0.1, 0.15) is 25.1 Å². The lowest BCUT2D eigenvalue weighted by Gasteiger charge is -2.07. The number of halogens is 1. The Morgan fingerprint density at radius 2 is 2.21 bits per heavy atom. The smallest absolute Gasteiger partial charge is 0.0629 e. The Bertz CT molecular complexity index is 312. The number of alkyl halides is 1. The van der Waals surface area contributed by atoms with Crippen LogP contribution in [0, 0.1) is 12.8 Å². The molecule has 0 bridgehead atoms. The predicted molar refractivity (Wildman–Crippen MR) is 62.5 cm³/mol. The Kier molecular flexibility index (Phi) is 4.15. The molecule has 1 nitrogen and oxygen atoms in total. The second kappa shape index (κ2) is 5.16. The summed E-state index contributed by atoms with van der Waals surface area (Å²) in [6.07, 6.45) is 3.94. The van der Waals surface area contributed by atoms with Crippen molar-refractivity contribution in [2.75, 3.05) is 5.88 Å². The van der Waals surface area contributed by atoms with Gasteiger partial charge in [-0.15, -0.1) is 11.6 Å². The maximum atomic E-state index is 5.85. The van der Waals surface area contributed by atoms with E-state index >= 15 is 0 Å². The van der Waals surface area contributed by atoms with Gasteiger partial charge in [0.2, 0.25) is 0 Å². The van der Waals surface area contributed by atoms with Crippen LogP contribution in [0.3, 0.4) is 0 Å². The Balaban J connectivity index is 2.89.